The number of fused-ring (bicyclic) bond motifs is 1. The Kier molecular flexibility index (Phi) is 5.35. The van der Waals surface area contributed by atoms with Crippen molar-refractivity contribution in [1.29, 1.82) is 0 Å². The topological polar surface area (TPSA) is 104 Å². The van der Waals surface area contributed by atoms with E-state index >= 15 is 0 Å². The Labute approximate surface area is 173 Å². The Balaban J connectivity index is 1.46. The van der Waals surface area contributed by atoms with Crippen LogP contribution in [0.5, 0.6) is 0 Å². The van der Waals surface area contributed by atoms with E-state index in [4.69, 9.17) is 5.11 Å². The van der Waals surface area contributed by atoms with Gasteiger partial charge in [0.15, 0.2) is 0 Å². The maximum absolute atomic E-state index is 12.9. The summed E-state index contributed by atoms with van der Waals surface area (Å²) in [6.45, 7) is 0.219. The van der Waals surface area contributed by atoms with Gasteiger partial charge in [0.25, 0.3) is 17.7 Å². The number of benzene rings is 2. The van der Waals surface area contributed by atoms with Crippen LogP contribution in [-0.2, 0) is 6.54 Å². The molecule has 0 atom stereocenters. The lowest BCUT2D eigenvalue weighted by Crippen LogP contribution is -2.40. The molecule has 1 aliphatic carbocycles. The highest BCUT2D eigenvalue weighted by Gasteiger charge is 2.40. The van der Waals surface area contributed by atoms with Crippen LogP contribution in [0.4, 0.5) is 0 Å². The number of nitrogens with zero attached hydrogens (tertiary/aromatic N) is 1. The molecule has 0 bridgehead atoms. The summed E-state index contributed by atoms with van der Waals surface area (Å²) in [6, 6.07) is 10.8. The second-order valence-electron chi connectivity index (χ2n) is 7.72. The first kappa shape index (κ1) is 19.8. The molecule has 2 aliphatic rings. The number of aromatic carboxylic acids is 1. The van der Waals surface area contributed by atoms with Gasteiger partial charge in [-0.1, -0.05) is 31.4 Å². The highest BCUT2D eigenvalue weighted by atomic mass is 16.4. The van der Waals surface area contributed by atoms with Crippen molar-refractivity contribution in [2.24, 2.45) is 0 Å². The van der Waals surface area contributed by atoms with Gasteiger partial charge in [-0.25, -0.2) is 4.79 Å². The van der Waals surface area contributed by atoms with E-state index in [-0.39, 0.29) is 41.4 Å². The zero-order valence-electron chi connectivity index (χ0n) is 16.4. The maximum Gasteiger partial charge on any atom is 0.335 e. The van der Waals surface area contributed by atoms with Gasteiger partial charge in [0.2, 0.25) is 0 Å². The third-order valence-electron chi connectivity index (χ3n) is 5.77. The van der Waals surface area contributed by atoms with Gasteiger partial charge in [0.1, 0.15) is 0 Å². The predicted molar refractivity (Wildman–Crippen MR) is 108 cm³/mol. The quantitative estimate of drug-likeness (QED) is 0.742. The summed E-state index contributed by atoms with van der Waals surface area (Å²) in [5.41, 5.74) is 1.87. The molecule has 0 aromatic heterocycles. The number of hydrogen-bond donors (Lipinski definition) is 2. The van der Waals surface area contributed by atoms with E-state index in [1.807, 2.05) is 0 Å². The Bertz CT molecular complexity index is 1020. The smallest absolute Gasteiger partial charge is 0.335 e. The van der Waals surface area contributed by atoms with Crippen LogP contribution >= 0.6 is 0 Å². The van der Waals surface area contributed by atoms with E-state index in [9.17, 15) is 19.2 Å². The SMILES string of the molecule is O=C(O)c1ccc(CNC(=O)c2ccc3c(c2)C(=O)N(C2CCCCC2)C3=O)cc1. The number of imide groups is 1. The summed E-state index contributed by atoms with van der Waals surface area (Å²) in [6.07, 6.45) is 4.82. The average molecular weight is 406 g/mol. The third-order valence-corrected chi connectivity index (χ3v) is 5.77. The number of carbonyl (C=O) groups excluding carboxylic acids is 3. The molecule has 2 aromatic carbocycles. The van der Waals surface area contributed by atoms with Crippen LogP contribution in [0.3, 0.4) is 0 Å². The first-order chi connectivity index (χ1) is 14.5. The minimum Gasteiger partial charge on any atom is -0.478 e. The van der Waals surface area contributed by atoms with E-state index in [0.717, 1.165) is 37.7 Å². The first-order valence-electron chi connectivity index (χ1n) is 10.1. The Hall–Kier alpha value is -3.48. The summed E-state index contributed by atoms with van der Waals surface area (Å²) < 4.78 is 0. The highest BCUT2D eigenvalue weighted by Crippen LogP contribution is 2.31. The van der Waals surface area contributed by atoms with Crippen molar-refractivity contribution >= 4 is 23.7 Å². The molecule has 2 N–H and O–H groups in total. The Morgan fingerprint density at radius 3 is 2.20 bits per heavy atom. The number of carboxylic acid groups (broad SMARTS) is 1. The van der Waals surface area contributed by atoms with Gasteiger partial charge in [-0.2, -0.15) is 0 Å². The van der Waals surface area contributed by atoms with Crippen molar-refractivity contribution in [3.05, 3.63) is 70.3 Å². The summed E-state index contributed by atoms with van der Waals surface area (Å²) in [5.74, 6) is -1.96. The fraction of sp³-hybridized carbons (Fsp3) is 0.304. The van der Waals surface area contributed by atoms with E-state index < -0.39 is 5.97 Å². The molecule has 30 heavy (non-hydrogen) atoms. The van der Waals surface area contributed by atoms with Crippen LogP contribution in [0, 0.1) is 0 Å². The molecule has 0 saturated heterocycles. The molecule has 7 nitrogen and oxygen atoms in total. The standard InChI is InChI=1S/C23H22N2O5/c26-20(24-13-14-6-8-15(9-7-14)23(29)30)16-10-11-18-19(12-16)22(28)25(21(18)27)17-4-2-1-3-5-17/h6-12,17H,1-5,13H2,(H,24,26)(H,29,30). The molecule has 0 unspecified atom stereocenters. The molecule has 1 saturated carbocycles. The maximum atomic E-state index is 12.9. The molecule has 0 spiro atoms. The fourth-order valence-corrected chi connectivity index (χ4v) is 4.12. The lowest BCUT2D eigenvalue weighted by Gasteiger charge is -2.29. The number of nitrogens with one attached hydrogen (secondary N) is 1. The molecule has 2 aromatic rings. The zero-order chi connectivity index (χ0) is 21.3. The minimum absolute atomic E-state index is 0.0581. The van der Waals surface area contributed by atoms with Gasteiger partial charge in [-0.3, -0.25) is 19.3 Å². The lowest BCUT2D eigenvalue weighted by atomic mass is 9.94. The molecular weight excluding hydrogens is 384 g/mol. The average Bonchev–Trinajstić information content (AvgIpc) is 3.02. The van der Waals surface area contributed by atoms with E-state index in [1.165, 1.54) is 23.1 Å². The second-order valence-corrected chi connectivity index (χ2v) is 7.72. The van der Waals surface area contributed by atoms with Crippen molar-refractivity contribution in [3.8, 4) is 0 Å². The molecule has 0 radical (unpaired) electrons. The van der Waals surface area contributed by atoms with Gasteiger partial charge < -0.3 is 10.4 Å². The van der Waals surface area contributed by atoms with Crippen LogP contribution in [0.1, 0.15) is 79.1 Å². The van der Waals surface area contributed by atoms with E-state index in [1.54, 1.807) is 24.3 Å². The van der Waals surface area contributed by atoms with Crippen molar-refractivity contribution < 1.29 is 24.3 Å². The normalized spacial score (nSPS) is 16.5. The second kappa shape index (κ2) is 8.10. The largest absolute Gasteiger partial charge is 0.478 e. The number of carbonyl (C=O) groups is 4. The summed E-state index contributed by atoms with van der Waals surface area (Å²) in [4.78, 5) is 50.4. The molecular formula is C23H22N2O5. The number of amides is 3. The van der Waals surface area contributed by atoms with E-state index in [0.29, 0.717) is 11.1 Å². The number of carboxylic acids is 1. The number of rotatable bonds is 5. The minimum atomic E-state index is -1.01. The lowest BCUT2D eigenvalue weighted by molar-refractivity contribution is 0.0547. The fourth-order valence-electron chi connectivity index (χ4n) is 4.12. The first-order valence-corrected chi connectivity index (χ1v) is 10.1. The number of hydrogen-bond acceptors (Lipinski definition) is 4. The molecule has 7 heteroatoms. The zero-order valence-corrected chi connectivity index (χ0v) is 16.4. The van der Waals surface area contributed by atoms with Crippen LogP contribution < -0.4 is 5.32 Å². The Morgan fingerprint density at radius 1 is 0.900 bits per heavy atom. The van der Waals surface area contributed by atoms with Gasteiger partial charge in [-0.05, 0) is 48.7 Å². The molecule has 3 amide bonds. The predicted octanol–water partition coefficient (Wildman–Crippen LogP) is 3.24. The molecule has 1 heterocycles. The summed E-state index contributed by atoms with van der Waals surface area (Å²) in [5, 5.41) is 11.7. The monoisotopic (exact) mass is 406 g/mol. The van der Waals surface area contributed by atoms with Crippen LogP contribution in [0.25, 0.3) is 0 Å². The summed E-state index contributed by atoms with van der Waals surface area (Å²) in [7, 11) is 0. The van der Waals surface area contributed by atoms with Gasteiger partial charge in [0, 0.05) is 18.2 Å². The molecule has 1 aliphatic heterocycles. The van der Waals surface area contributed by atoms with Crippen LogP contribution in [0.15, 0.2) is 42.5 Å². The van der Waals surface area contributed by atoms with Crippen molar-refractivity contribution in [1.82, 2.24) is 10.2 Å². The van der Waals surface area contributed by atoms with Crippen LogP contribution in [-0.4, -0.2) is 39.7 Å². The van der Waals surface area contributed by atoms with Gasteiger partial charge in [0.05, 0.1) is 16.7 Å². The van der Waals surface area contributed by atoms with Crippen molar-refractivity contribution in [3.63, 3.8) is 0 Å². The molecule has 1 fully saturated rings. The molecule has 154 valence electrons. The van der Waals surface area contributed by atoms with Gasteiger partial charge in [-0.15, -0.1) is 0 Å². The summed E-state index contributed by atoms with van der Waals surface area (Å²) >= 11 is 0. The highest BCUT2D eigenvalue weighted by molar-refractivity contribution is 6.22. The Morgan fingerprint density at radius 2 is 1.53 bits per heavy atom. The van der Waals surface area contributed by atoms with E-state index in [2.05, 4.69) is 5.32 Å². The van der Waals surface area contributed by atoms with Crippen LogP contribution in [0.2, 0.25) is 0 Å². The van der Waals surface area contributed by atoms with Gasteiger partial charge >= 0.3 is 5.97 Å². The van der Waals surface area contributed by atoms with Crippen molar-refractivity contribution in [2.75, 3.05) is 0 Å². The molecule has 4 rings (SSSR count). The third kappa shape index (κ3) is 3.70. The van der Waals surface area contributed by atoms with Crippen molar-refractivity contribution in [2.45, 2.75) is 44.7 Å².